The number of aromatic hydroxyl groups is 2. The summed E-state index contributed by atoms with van der Waals surface area (Å²) in [6.07, 6.45) is 5.07. The van der Waals surface area contributed by atoms with Crippen molar-refractivity contribution in [1.82, 2.24) is 4.57 Å². The minimum atomic E-state index is -0.343. The van der Waals surface area contributed by atoms with Crippen molar-refractivity contribution in [2.24, 2.45) is 0 Å². The third-order valence-electron chi connectivity index (χ3n) is 4.11. The van der Waals surface area contributed by atoms with Gasteiger partial charge in [-0.2, -0.15) is 0 Å². The van der Waals surface area contributed by atoms with Gasteiger partial charge in [0, 0.05) is 23.0 Å². The summed E-state index contributed by atoms with van der Waals surface area (Å²) in [6.45, 7) is 0. The maximum absolute atomic E-state index is 13.0. The molecule has 0 fully saturated rings. The number of rotatable bonds is 1. The maximum Gasteiger partial charge on any atom is 0.202 e. The van der Waals surface area contributed by atoms with Gasteiger partial charge in [0.1, 0.15) is 5.82 Å². The van der Waals surface area contributed by atoms with Crippen LogP contribution in [-0.4, -0.2) is 14.8 Å². The van der Waals surface area contributed by atoms with E-state index in [-0.39, 0.29) is 29.4 Å². The maximum atomic E-state index is 13.0. The molecule has 2 aromatic rings. The number of allylic oxidation sites excluding steroid dienone is 2. The number of benzene rings is 1. The predicted octanol–water partition coefficient (Wildman–Crippen LogP) is 3.17. The van der Waals surface area contributed by atoms with Crippen molar-refractivity contribution in [2.45, 2.75) is 18.3 Å². The zero-order chi connectivity index (χ0) is 13.1. The van der Waals surface area contributed by atoms with Crippen molar-refractivity contribution < 1.29 is 14.6 Å². The lowest BCUT2D eigenvalue weighted by atomic mass is 10.0. The molecular weight excluding hydrogens is 245 g/mol. The molecule has 0 amide bonds. The van der Waals surface area contributed by atoms with Gasteiger partial charge in [-0.1, -0.05) is 12.2 Å². The Kier molecular flexibility index (Phi) is 1.91. The van der Waals surface area contributed by atoms with Crippen LogP contribution >= 0.6 is 0 Å². The van der Waals surface area contributed by atoms with Crippen LogP contribution in [0.5, 0.6) is 11.8 Å². The first-order valence-corrected chi connectivity index (χ1v) is 6.27. The van der Waals surface area contributed by atoms with E-state index in [9.17, 15) is 14.6 Å². The van der Waals surface area contributed by atoms with E-state index in [1.165, 1.54) is 16.7 Å². The summed E-state index contributed by atoms with van der Waals surface area (Å²) < 4.78 is 14.3. The molecule has 2 N–H and O–H groups in total. The van der Waals surface area contributed by atoms with Crippen LogP contribution in [0.2, 0.25) is 0 Å². The highest BCUT2D eigenvalue weighted by molar-refractivity contribution is 5.62. The second-order valence-corrected chi connectivity index (χ2v) is 5.12. The second kappa shape index (κ2) is 3.41. The Balaban J connectivity index is 1.94. The van der Waals surface area contributed by atoms with E-state index in [1.807, 2.05) is 0 Å². The Morgan fingerprint density at radius 1 is 0.947 bits per heavy atom. The van der Waals surface area contributed by atoms with E-state index in [1.54, 1.807) is 12.1 Å². The summed E-state index contributed by atoms with van der Waals surface area (Å²) in [5.74, 6) is 0.163. The van der Waals surface area contributed by atoms with Crippen molar-refractivity contribution in [2.75, 3.05) is 0 Å². The highest BCUT2D eigenvalue weighted by atomic mass is 19.1. The molecule has 0 spiro atoms. The molecule has 19 heavy (non-hydrogen) atoms. The number of fused-ring (bicyclic) bond motifs is 5. The molecule has 0 saturated heterocycles. The molecule has 96 valence electrons. The van der Waals surface area contributed by atoms with Crippen molar-refractivity contribution in [3.63, 3.8) is 0 Å². The number of aromatic nitrogens is 1. The summed E-state index contributed by atoms with van der Waals surface area (Å²) in [4.78, 5) is 0. The highest BCUT2D eigenvalue weighted by Gasteiger charge is 2.41. The van der Waals surface area contributed by atoms with Crippen LogP contribution < -0.4 is 0 Å². The lowest BCUT2D eigenvalue weighted by Gasteiger charge is -2.09. The van der Waals surface area contributed by atoms with Crippen LogP contribution in [0.15, 0.2) is 36.4 Å². The van der Waals surface area contributed by atoms with E-state index < -0.39 is 0 Å². The Morgan fingerprint density at radius 2 is 1.47 bits per heavy atom. The summed E-state index contributed by atoms with van der Waals surface area (Å²) in [6, 6.07) is 5.71. The normalized spacial score (nSPS) is 23.0. The molecule has 0 radical (unpaired) electrons. The summed E-state index contributed by atoms with van der Waals surface area (Å²) in [5, 5.41) is 20.7. The fourth-order valence-electron chi connectivity index (χ4n) is 3.28. The largest absolute Gasteiger partial charge is 0.494 e. The van der Waals surface area contributed by atoms with Gasteiger partial charge in [-0.05, 0) is 30.7 Å². The van der Waals surface area contributed by atoms with Crippen LogP contribution in [0.3, 0.4) is 0 Å². The average Bonchev–Trinajstić information content (AvgIpc) is 3.06. The van der Waals surface area contributed by atoms with Crippen LogP contribution in [0.1, 0.15) is 29.4 Å². The molecule has 0 unspecified atom stereocenters. The fourth-order valence-corrected chi connectivity index (χ4v) is 3.28. The molecule has 2 atom stereocenters. The number of halogens is 1. The number of hydrogen-bond acceptors (Lipinski definition) is 2. The third-order valence-corrected chi connectivity index (χ3v) is 4.11. The van der Waals surface area contributed by atoms with E-state index in [4.69, 9.17) is 0 Å². The lowest BCUT2D eigenvalue weighted by molar-refractivity contribution is 0.395. The van der Waals surface area contributed by atoms with Crippen molar-refractivity contribution >= 4 is 0 Å². The van der Waals surface area contributed by atoms with Gasteiger partial charge in [-0.25, -0.2) is 4.39 Å². The molecule has 3 nitrogen and oxygen atoms in total. The molecule has 0 saturated carbocycles. The van der Waals surface area contributed by atoms with Gasteiger partial charge < -0.3 is 10.2 Å². The molecule has 2 aliphatic rings. The van der Waals surface area contributed by atoms with Crippen molar-refractivity contribution in [3.05, 3.63) is 53.4 Å². The fraction of sp³-hybridized carbons (Fsp3) is 0.200. The summed E-state index contributed by atoms with van der Waals surface area (Å²) in [5.41, 5.74) is 2.19. The quantitative estimate of drug-likeness (QED) is 0.771. The molecule has 1 aromatic heterocycles. The van der Waals surface area contributed by atoms with Gasteiger partial charge in [0.25, 0.3) is 0 Å². The summed E-state index contributed by atoms with van der Waals surface area (Å²) >= 11 is 0. The van der Waals surface area contributed by atoms with Gasteiger partial charge in [0.05, 0.1) is 5.69 Å². The van der Waals surface area contributed by atoms with Gasteiger partial charge in [0.2, 0.25) is 11.8 Å². The molecule has 4 rings (SSSR count). The van der Waals surface area contributed by atoms with Crippen LogP contribution in [0.25, 0.3) is 5.69 Å². The van der Waals surface area contributed by atoms with Gasteiger partial charge in [0.15, 0.2) is 0 Å². The van der Waals surface area contributed by atoms with E-state index in [0.29, 0.717) is 5.69 Å². The molecule has 2 aliphatic carbocycles. The molecule has 0 aliphatic heterocycles. The first kappa shape index (κ1) is 10.7. The molecule has 2 bridgehead atoms. The monoisotopic (exact) mass is 257 g/mol. The standard InChI is InChI=1S/C15H12FNO2/c16-10-3-5-11(6-4-10)17-14(18)12-8-1-2-9(7-8)13(12)15(17)19/h1-6,8-9,18-19H,7H2/t8-,9+. The second-order valence-electron chi connectivity index (χ2n) is 5.12. The molecular formula is C15H12FNO2. The Hall–Kier alpha value is -2.23. The zero-order valence-corrected chi connectivity index (χ0v) is 10.0. The van der Waals surface area contributed by atoms with Gasteiger partial charge in [-0.15, -0.1) is 0 Å². The van der Waals surface area contributed by atoms with Crippen molar-refractivity contribution in [1.29, 1.82) is 0 Å². The predicted molar refractivity (Wildman–Crippen MR) is 68.3 cm³/mol. The topological polar surface area (TPSA) is 45.4 Å². The number of hydrogen-bond donors (Lipinski definition) is 2. The first-order valence-electron chi connectivity index (χ1n) is 6.27. The SMILES string of the molecule is Oc1c2c(c(O)n1-c1ccc(F)cc1)[C@H]1C=C[C@@H]2C1. The van der Waals surface area contributed by atoms with Crippen LogP contribution in [0, 0.1) is 5.82 Å². The minimum absolute atomic E-state index is 0.0657. The number of nitrogens with zero attached hydrogens (tertiary/aromatic N) is 1. The molecule has 1 heterocycles. The van der Waals surface area contributed by atoms with Gasteiger partial charge in [-0.3, -0.25) is 4.57 Å². The van der Waals surface area contributed by atoms with E-state index in [0.717, 1.165) is 17.5 Å². The Bertz CT molecular complexity index is 664. The minimum Gasteiger partial charge on any atom is -0.494 e. The third kappa shape index (κ3) is 1.26. The smallest absolute Gasteiger partial charge is 0.202 e. The van der Waals surface area contributed by atoms with E-state index >= 15 is 0 Å². The summed E-state index contributed by atoms with van der Waals surface area (Å²) in [7, 11) is 0. The van der Waals surface area contributed by atoms with Crippen LogP contribution in [-0.2, 0) is 0 Å². The van der Waals surface area contributed by atoms with E-state index in [2.05, 4.69) is 12.2 Å². The Morgan fingerprint density at radius 3 is 2.00 bits per heavy atom. The zero-order valence-electron chi connectivity index (χ0n) is 10.0. The van der Waals surface area contributed by atoms with Crippen molar-refractivity contribution in [3.8, 4) is 17.4 Å². The van der Waals surface area contributed by atoms with Crippen LogP contribution in [0.4, 0.5) is 4.39 Å². The molecule has 4 heteroatoms. The highest BCUT2D eigenvalue weighted by Crippen LogP contribution is 2.57. The first-order chi connectivity index (χ1) is 9.16. The van der Waals surface area contributed by atoms with Gasteiger partial charge >= 0.3 is 0 Å². The molecule has 1 aromatic carbocycles. The Labute approximate surface area is 109 Å². The average molecular weight is 257 g/mol. The lowest BCUT2D eigenvalue weighted by Crippen LogP contribution is -1.95.